The first-order valence-corrected chi connectivity index (χ1v) is 44.0. The molecule has 20 rings (SSSR count). The van der Waals surface area contributed by atoms with Crippen LogP contribution in [0.2, 0.25) is 0 Å². The number of halogens is 1. The molecular formula is C82H121ClO23S. The number of aliphatic hydroxyl groups excluding tert-OH is 3. The maximum atomic E-state index is 14.0. The summed E-state index contributed by atoms with van der Waals surface area (Å²) in [5.41, 5.74) is 4.49. The Kier molecular flexibility index (Phi) is 23.3. The molecule has 20 heterocycles. The van der Waals surface area contributed by atoms with Crippen LogP contribution in [0.25, 0.3) is 0 Å². The van der Waals surface area contributed by atoms with Gasteiger partial charge in [-0.1, -0.05) is 60.9 Å². The Morgan fingerprint density at radius 2 is 0.804 bits per heavy atom. The molecule has 0 aromatic heterocycles. The van der Waals surface area contributed by atoms with Gasteiger partial charge in [-0.2, -0.15) is 0 Å². The smallest absolute Gasteiger partial charge is 0.229 e. The van der Waals surface area contributed by atoms with Crippen LogP contribution in [0.4, 0.5) is 0 Å². The van der Waals surface area contributed by atoms with Gasteiger partial charge in [0.2, 0.25) is 9.05 Å². The normalized spacial score (nSPS) is 51.2. The summed E-state index contributed by atoms with van der Waals surface area (Å²) < 4.78 is 127. The Bertz CT molecular complexity index is 3170. The molecule has 0 amide bonds. The van der Waals surface area contributed by atoms with E-state index >= 15 is 0 Å². The zero-order chi connectivity index (χ0) is 74.9. The van der Waals surface area contributed by atoms with E-state index in [0.717, 1.165) is 125 Å². The van der Waals surface area contributed by atoms with E-state index in [4.69, 9.17) is 75.8 Å². The molecule has 0 saturated carbocycles. The molecule has 20 aliphatic rings. The van der Waals surface area contributed by atoms with Crippen molar-refractivity contribution in [3.63, 3.8) is 0 Å². The fourth-order valence-corrected chi connectivity index (χ4v) is 22.6. The third kappa shape index (κ3) is 16.4. The zero-order valence-corrected chi connectivity index (χ0v) is 65.3. The summed E-state index contributed by atoms with van der Waals surface area (Å²) in [6.07, 6.45) is 14.5. The molecule has 2 spiro atoms. The molecule has 0 aromatic rings. The summed E-state index contributed by atoms with van der Waals surface area (Å²) >= 11 is 0. The molecule has 0 aromatic carbocycles. The van der Waals surface area contributed by atoms with Crippen LogP contribution in [0.3, 0.4) is 0 Å². The second-order valence-electron chi connectivity index (χ2n) is 36.0. The van der Waals surface area contributed by atoms with Crippen LogP contribution >= 0.6 is 10.7 Å². The highest BCUT2D eigenvalue weighted by Gasteiger charge is 2.71. The van der Waals surface area contributed by atoms with E-state index in [9.17, 15) is 33.3 Å². The van der Waals surface area contributed by atoms with Crippen molar-refractivity contribution in [3.8, 4) is 0 Å². The largest absolute Gasteiger partial charge is 0.394 e. The summed E-state index contributed by atoms with van der Waals surface area (Å²) in [6, 6.07) is 0. The second kappa shape index (κ2) is 31.8. The van der Waals surface area contributed by atoms with Gasteiger partial charge in [0.25, 0.3) is 0 Å². The van der Waals surface area contributed by atoms with Crippen molar-refractivity contribution in [2.75, 3.05) is 12.9 Å². The van der Waals surface area contributed by atoms with Crippen molar-refractivity contribution in [2.45, 2.75) is 403 Å². The van der Waals surface area contributed by atoms with Gasteiger partial charge in [0, 0.05) is 81.3 Å². The van der Waals surface area contributed by atoms with Crippen LogP contribution in [0, 0.1) is 35.5 Å². The quantitative estimate of drug-likeness (QED) is 0.165. The molecule has 23 nitrogen and oxygen atoms in total. The predicted octanol–water partition coefficient (Wildman–Crippen LogP) is 9.79. The van der Waals surface area contributed by atoms with Gasteiger partial charge in [0.05, 0.1) is 135 Å². The van der Waals surface area contributed by atoms with E-state index < -0.39 is 32.8 Å². The Morgan fingerprint density at radius 3 is 1.22 bits per heavy atom. The maximum Gasteiger partial charge on any atom is 0.229 e. The summed E-state index contributed by atoms with van der Waals surface area (Å²) in [5.74, 6) is -0.444. The molecule has 20 aliphatic heterocycles. The number of hydrogen-bond donors (Lipinski definition) is 3. The maximum absolute atomic E-state index is 14.0. The van der Waals surface area contributed by atoms with Gasteiger partial charge in [-0.25, -0.2) is 8.42 Å². The van der Waals surface area contributed by atoms with Crippen molar-refractivity contribution < 1.29 is 109 Å². The zero-order valence-electron chi connectivity index (χ0n) is 63.7. The van der Waals surface area contributed by atoms with Crippen LogP contribution in [0.5, 0.6) is 0 Å². The number of Topliss-reactive ketones (excluding diaryl/α,β-unsaturated/α-hetero) is 2. The molecule has 25 heteroatoms. The van der Waals surface area contributed by atoms with Crippen LogP contribution in [-0.2, 0) is 94.4 Å². The first-order valence-electron chi connectivity index (χ1n) is 41.3. The second-order valence-corrected chi connectivity index (χ2v) is 39.0. The molecule has 20 fully saturated rings. The minimum atomic E-state index is -3.19. The van der Waals surface area contributed by atoms with E-state index in [1.807, 2.05) is 6.92 Å². The fraction of sp³-hybridized carbons (Fsp3) is 0.878. The van der Waals surface area contributed by atoms with E-state index in [0.29, 0.717) is 88.9 Å². The SMILES string of the molecule is C=C1C[C@@H]2CCC34C[C@H]5O[C@H]6[C@@H](O3)[C@H]3OC(CC[C@@H]3O[C@H]6[C@H]5O4)CC(=O)C[C@H]3C(C[C@H]4O[C@@H](CCC1O2)C[C@@H](C)C4=C)O[C@H](C[C@H](O)CC)[C@@H]3C.C=C1C[C@@H]2CCC34C[C@H]5O[C@H]6[C@@H](O3)[C@H]3OC(CC[C@@H]3O[C@H]6[C@H]5O4)CC(=O)C[C@H]3C(C[C@H]4O[C@@H](CCC1O2)C[C@@H](C)C4=C)O[C@H](C[C@H](O)CO)[C@@H]3C.CS(=O)(=O)Cl. The molecule has 20 saturated heterocycles. The van der Waals surface area contributed by atoms with Gasteiger partial charge >= 0.3 is 0 Å². The molecule has 8 unspecified atom stereocenters. The lowest BCUT2D eigenvalue weighted by Crippen LogP contribution is -2.61. The minimum absolute atomic E-state index is 0.00894. The highest BCUT2D eigenvalue weighted by atomic mass is 35.7. The minimum Gasteiger partial charge on any atom is -0.394 e. The molecule has 38 atom stereocenters. The van der Waals surface area contributed by atoms with Gasteiger partial charge in [-0.3, -0.25) is 9.59 Å². The molecule has 0 radical (unpaired) electrons. The lowest BCUT2D eigenvalue weighted by molar-refractivity contribution is -0.292. The lowest BCUT2D eigenvalue weighted by atomic mass is 9.78. The highest BCUT2D eigenvalue weighted by Crippen LogP contribution is 2.58. The average molecular weight is 1540 g/mol. The van der Waals surface area contributed by atoms with Crippen LogP contribution < -0.4 is 0 Å². The van der Waals surface area contributed by atoms with Crippen molar-refractivity contribution >= 4 is 31.3 Å². The van der Waals surface area contributed by atoms with Crippen molar-refractivity contribution in [1.82, 2.24) is 0 Å². The van der Waals surface area contributed by atoms with Gasteiger partial charge in [0.1, 0.15) is 72.6 Å². The fourth-order valence-electron chi connectivity index (χ4n) is 22.6. The van der Waals surface area contributed by atoms with E-state index in [1.54, 1.807) is 0 Å². The number of aliphatic hydroxyl groups is 3. The standard InChI is InChI=1S/C41H60O10.C40H58O11.CH3ClO2S/c1-6-24(42)17-32-23(5)29-16-25(43)15-27-8-10-31-36(46-27)40-39-38(48-31)37-35(49-39)19-41(50-37,51-40)12-11-28-14-21(3)30(44-28)9-7-26-13-20(2)22(4)33(45-26)18-34(29)47-32;1-19-11-25-5-7-29-20(2)12-27(44-29)9-10-40-17-34-36(50-40)37-38(49-34)39(51-40)35-30(48-37)8-6-26(46-35)13-23(42)14-28-22(4)31(15-24(43)18-41)47-33(28)16-32(45-25)21(19)3;1-5(2,3)4/h20,23-24,26-40,42H,3-4,6-19H2,1-2,5H3;19,22,24-39,41,43H,2-3,5-18H2,1,4H3;1H3/t20-,23-,24-,26+,27?,28+,29-,30?,31+,32-,33-,34?,35-,36+,37+,38+,39-,40+,41?;19-,22-,24+,25+,26?,27+,28-,29?,30+,31-,32-,33?,34-,35+,36+,37+,38-,39+,40?;/m11./s1. The summed E-state index contributed by atoms with van der Waals surface area (Å²) in [4.78, 5) is 28.0. The van der Waals surface area contributed by atoms with E-state index in [1.165, 1.54) is 0 Å². The third-order valence-electron chi connectivity index (χ3n) is 28.5. The number of ketones is 2. The highest BCUT2D eigenvalue weighted by molar-refractivity contribution is 8.13. The predicted molar refractivity (Wildman–Crippen MR) is 389 cm³/mol. The number of carbonyl (C=O) groups excluding carboxylic acids is 2. The Balaban J connectivity index is 0.000000154. The Labute approximate surface area is 636 Å². The Morgan fingerprint density at radius 1 is 0.430 bits per heavy atom. The van der Waals surface area contributed by atoms with Gasteiger partial charge in [0.15, 0.2) is 11.6 Å². The summed E-state index contributed by atoms with van der Waals surface area (Å²) in [7, 11) is 1.31. The third-order valence-corrected chi connectivity index (χ3v) is 28.5. The molecule has 3 N–H and O–H groups in total. The van der Waals surface area contributed by atoms with E-state index in [2.05, 4.69) is 64.7 Å². The average Bonchev–Trinajstić information content (AvgIpc) is 1.55. The van der Waals surface area contributed by atoms with Crippen molar-refractivity contribution in [1.29, 1.82) is 0 Å². The first kappa shape index (κ1) is 78.7. The number of rotatable bonds is 6. The molecule has 600 valence electrons. The first-order chi connectivity index (χ1) is 51.1. The molecule has 24 bridgehead atoms. The lowest BCUT2D eigenvalue weighted by Gasteiger charge is -2.47. The van der Waals surface area contributed by atoms with E-state index in [-0.39, 0.29) is 213 Å². The topological polar surface area (TPSA) is 277 Å². The van der Waals surface area contributed by atoms with Crippen LogP contribution in [0.15, 0.2) is 48.6 Å². The number of carbonyl (C=O) groups is 2. The Hall–Kier alpha value is -2.22. The summed E-state index contributed by atoms with van der Waals surface area (Å²) in [6.45, 7) is 28.3. The van der Waals surface area contributed by atoms with Crippen molar-refractivity contribution in [2.24, 2.45) is 35.5 Å². The molecular weight excluding hydrogens is 1420 g/mol. The molecule has 107 heavy (non-hydrogen) atoms. The summed E-state index contributed by atoms with van der Waals surface area (Å²) in [5, 5.41) is 30.6. The van der Waals surface area contributed by atoms with Gasteiger partial charge in [-0.15, -0.1) is 0 Å². The van der Waals surface area contributed by atoms with Crippen LogP contribution in [-0.4, -0.2) is 243 Å². The number of hydrogen-bond acceptors (Lipinski definition) is 23. The van der Waals surface area contributed by atoms with Gasteiger partial charge in [-0.05, 0) is 161 Å². The van der Waals surface area contributed by atoms with Crippen LogP contribution in [0.1, 0.15) is 208 Å². The molecule has 0 aliphatic carbocycles. The van der Waals surface area contributed by atoms with Gasteiger partial charge < -0.3 is 91.1 Å². The number of ether oxygens (including phenoxy) is 16. The number of fused-ring (bicyclic) bond motifs is 12. The monoisotopic (exact) mass is 1540 g/mol. The van der Waals surface area contributed by atoms with Crippen molar-refractivity contribution in [3.05, 3.63) is 48.6 Å².